The number of carbonyl (C=O) groups is 1. The maximum Gasteiger partial charge on any atom is 0.242 e. The maximum absolute atomic E-state index is 11.7. The molecule has 90 valence electrons. The molecule has 0 radical (unpaired) electrons. The molecule has 0 saturated carbocycles. The second-order valence-corrected chi connectivity index (χ2v) is 3.27. The van der Waals surface area contributed by atoms with Gasteiger partial charge in [0.2, 0.25) is 5.91 Å². The van der Waals surface area contributed by atoms with Gasteiger partial charge in [0.25, 0.3) is 0 Å². The average Bonchev–Trinajstić information content (AvgIpc) is 2.76. The Balaban J connectivity index is 2.56. The number of aliphatic hydroxyl groups is 1. The summed E-state index contributed by atoms with van der Waals surface area (Å²) in [6, 6.07) is -0.450. The zero-order chi connectivity index (χ0) is 12.0. The maximum atomic E-state index is 11.7. The highest BCUT2D eigenvalue weighted by atomic mass is 16.5. The topological polar surface area (TPSA) is 89.3 Å². The Bertz CT molecular complexity index is 339. The van der Waals surface area contributed by atoms with E-state index >= 15 is 0 Å². The molecule has 0 saturated heterocycles. The summed E-state index contributed by atoms with van der Waals surface area (Å²) in [6.07, 6.45) is 1.42. The van der Waals surface area contributed by atoms with Gasteiger partial charge in [-0.05, 0) is 6.92 Å². The predicted octanol–water partition coefficient (Wildman–Crippen LogP) is -0.906. The fourth-order valence-electron chi connectivity index (χ4n) is 1.25. The van der Waals surface area contributed by atoms with Gasteiger partial charge in [-0.15, -0.1) is 10.2 Å². The molecule has 0 aliphatic rings. The molecule has 7 nitrogen and oxygen atoms in total. The van der Waals surface area contributed by atoms with Crippen LogP contribution in [-0.2, 0) is 16.1 Å². The standard InChI is InChI=1S/C9H16N4O3/c1-7(9(15)10-3-4-16-2)13-6-11-12-8(13)5-14/h6-7,14H,3-5H2,1-2H3,(H,10,15). The highest BCUT2D eigenvalue weighted by Crippen LogP contribution is 2.07. The molecule has 0 fully saturated rings. The average molecular weight is 228 g/mol. The normalized spacial score (nSPS) is 12.4. The summed E-state index contributed by atoms with van der Waals surface area (Å²) in [6.45, 7) is 2.39. The van der Waals surface area contributed by atoms with E-state index in [0.29, 0.717) is 19.0 Å². The van der Waals surface area contributed by atoms with Crippen molar-refractivity contribution in [2.75, 3.05) is 20.3 Å². The Kier molecular flexibility index (Phi) is 4.87. The van der Waals surface area contributed by atoms with Crippen LogP contribution < -0.4 is 5.32 Å². The number of hydrogen-bond acceptors (Lipinski definition) is 5. The molecule has 1 unspecified atom stereocenters. The number of aromatic nitrogens is 3. The van der Waals surface area contributed by atoms with Crippen molar-refractivity contribution in [3.63, 3.8) is 0 Å². The number of rotatable bonds is 6. The first-order valence-corrected chi connectivity index (χ1v) is 4.96. The van der Waals surface area contributed by atoms with E-state index in [4.69, 9.17) is 9.84 Å². The summed E-state index contributed by atoms with van der Waals surface area (Å²) in [5, 5.41) is 19.0. The molecule has 0 aliphatic heterocycles. The van der Waals surface area contributed by atoms with E-state index in [1.165, 1.54) is 10.9 Å². The lowest BCUT2D eigenvalue weighted by atomic mass is 10.3. The minimum absolute atomic E-state index is 0.161. The second-order valence-electron chi connectivity index (χ2n) is 3.27. The Morgan fingerprint density at radius 3 is 3.12 bits per heavy atom. The minimum atomic E-state index is -0.450. The number of ether oxygens (including phenoxy) is 1. The minimum Gasteiger partial charge on any atom is -0.388 e. The number of carbonyl (C=O) groups excluding carboxylic acids is 1. The van der Waals surface area contributed by atoms with Crippen molar-refractivity contribution in [3.8, 4) is 0 Å². The second kappa shape index (κ2) is 6.19. The monoisotopic (exact) mass is 228 g/mol. The Labute approximate surface area is 93.4 Å². The summed E-state index contributed by atoms with van der Waals surface area (Å²) in [5.74, 6) is 0.209. The first-order chi connectivity index (χ1) is 7.70. The van der Waals surface area contributed by atoms with Gasteiger partial charge in [0.05, 0.1) is 6.61 Å². The lowest BCUT2D eigenvalue weighted by molar-refractivity contribution is -0.124. The van der Waals surface area contributed by atoms with Crippen LogP contribution in [0, 0.1) is 0 Å². The molecule has 1 atom stereocenters. The SMILES string of the molecule is COCCNC(=O)C(C)n1cnnc1CO. The smallest absolute Gasteiger partial charge is 0.242 e. The summed E-state index contributed by atoms with van der Waals surface area (Å²) in [7, 11) is 1.57. The number of aliphatic hydroxyl groups excluding tert-OH is 1. The van der Waals surface area contributed by atoms with E-state index in [-0.39, 0.29) is 12.5 Å². The molecular weight excluding hydrogens is 212 g/mol. The lowest BCUT2D eigenvalue weighted by Crippen LogP contribution is -2.33. The van der Waals surface area contributed by atoms with E-state index in [1.807, 2.05) is 0 Å². The summed E-state index contributed by atoms with van der Waals surface area (Å²) in [5.41, 5.74) is 0. The molecule has 1 aromatic heterocycles. The number of nitrogens with zero attached hydrogens (tertiary/aromatic N) is 3. The van der Waals surface area contributed by atoms with Gasteiger partial charge in [-0.3, -0.25) is 4.79 Å². The van der Waals surface area contributed by atoms with Crippen molar-refractivity contribution in [2.45, 2.75) is 19.6 Å². The molecule has 0 aliphatic carbocycles. The first kappa shape index (κ1) is 12.6. The summed E-state index contributed by atoms with van der Waals surface area (Å²) in [4.78, 5) is 11.7. The van der Waals surface area contributed by atoms with E-state index in [2.05, 4.69) is 15.5 Å². The van der Waals surface area contributed by atoms with Crippen LogP contribution >= 0.6 is 0 Å². The van der Waals surface area contributed by atoms with Crippen molar-refractivity contribution in [2.24, 2.45) is 0 Å². The van der Waals surface area contributed by atoms with Gasteiger partial charge in [0.15, 0.2) is 5.82 Å². The molecule has 7 heteroatoms. The van der Waals surface area contributed by atoms with Crippen LogP contribution in [0.5, 0.6) is 0 Å². The zero-order valence-electron chi connectivity index (χ0n) is 9.38. The van der Waals surface area contributed by atoms with E-state index < -0.39 is 6.04 Å². The fourth-order valence-corrected chi connectivity index (χ4v) is 1.25. The van der Waals surface area contributed by atoms with Gasteiger partial charge in [-0.1, -0.05) is 0 Å². The van der Waals surface area contributed by atoms with Gasteiger partial charge in [0.1, 0.15) is 19.0 Å². The predicted molar refractivity (Wildman–Crippen MR) is 55.5 cm³/mol. The van der Waals surface area contributed by atoms with Crippen LogP contribution in [0.1, 0.15) is 18.8 Å². The molecular formula is C9H16N4O3. The van der Waals surface area contributed by atoms with E-state index in [0.717, 1.165) is 0 Å². The molecule has 0 spiro atoms. The van der Waals surface area contributed by atoms with Crippen LogP contribution in [-0.4, -0.2) is 46.0 Å². The van der Waals surface area contributed by atoms with Crippen LogP contribution in [0.2, 0.25) is 0 Å². The molecule has 0 aromatic carbocycles. The number of methoxy groups -OCH3 is 1. The van der Waals surface area contributed by atoms with Gasteiger partial charge in [-0.25, -0.2) is 0 Å². The molecule has 1 aromatic rings. The third kappa shape index (κ3) is 3.01. The highest BCUT2D eigenvalue weighted by molar-refractivity contribution is 5.79. The van der Waals surface area contributed by atoms with Gasteiger partial charge in [-0.2, -0.15) is 0 Å². The van der Waals surface area contributed by atoms with E-state index in [9.17, 15) is 4.79 Å². The van der Waals surface area contributed by atoms with Crippen molar-refractivity contribution in [3.05, 3.63) is 12.2 Å². The van der Waals surface area contributed by atoms with Gasteiger partial charge >= 0.3 is 0 Å². The number of nitrogens with one attached hydrogen (secondary N) is 1. The molecule has 1 rings (SSSR count). The van der Waals surface area contributed by atoms with Crippen molar-refractivity contribution in [1.82, 2.24) is 20.1 Å². The molecule has 1 amide bonds. The quantitative estimate of drug-likeness (QED) is 0.615. The summed E-state index contributed by atoms with van der Waals surface area (Å²) < 4.78 is 6.35. The van der Waals surface area contributed by atoms with E-state index in [1.54, 1.807) is 14.0 Å². The molecule has 0 bridgehead atoms. The van der Waals surface area contributed by atoms with Crippen LogP contribution in [0.3, 0.4) is 0 Å². The first-order valence-electron chi connectivity index (χ1n) is 4.96. The van der Waals surface area contributed by atoms with Crippen molar-refractivity contribution >= 4 is 5.91 Å². The highest BCUT2D eigenvalue weighted by Gasteiger charge is 2.17. The van der Waals surface area contributed by atoms with Crippen molar-refractivity contribution < 1.29 is 14.6 Å². The number of amides is 1. The zero-order valence-corrected chi connectivity index (χ0v) is 9.38. The van der Waals surface area contributed by atoms with Gasteiger partial charge in [0, 0.05) is 13.7 Å². The third-order valence-corrected chi connectivity index (χ3v) is 2.19. The summed E-state index contributed by atoms with van der Waals surface area (Å²) >= 11 is 0. The van der Waals surface area contributed by atoms with Gasteiger partial charge < -0.3 is 19.7 Å². The fraction of sp³-hybridized carbons (Fsp3) is 0.667. The van der Waals surface area contributed by atoms with Crippen LogP contribution in [0.25, 0.3) is 0 Å². The molecule has 2 N–H and O–H groups in total. The van der Waals surface area contributed by atoms with Crippen LogP contribution in [0.4, 0.5) is 0 Å². The molecule has 16 heavy (non-hydrogen) atoms. The Morgan fingerprint density at radius 2 is 2.50 bits per heavy atom. The largest absolute Gasteiger partial charge is 0.388 e. The Hall–Kier alpha value is -1.47. The number of hydrogen-bond donors (Lipinski definition) is 2. The Morgan fingerprint density at radius 1 is 1.75 bits per heavy atom. The van der Waals surface area contributed by atoms with Crippen LogP contribution in [0.15, 0.2) is 6.33 Å². The molecule has 1 heterocycles. The lowest BCUT2D eigenvalue weighted by Gasteiger charge is -2.14. The van der Waals surface area contributed by atoms with Crippen molar-refractivity contribution in [1.29, 1.82) is 0 Å². The third-order valence-electron chi connectivity index (χ3n) is 2.19.